The first kappa shape index (κ1) is 24.4. The summed E-state index contributed by atoms with van der Waals surface area (Å²) < 4.78 is 8.67. The summed E-state index contributed by atoms with van der Waals surface area (Å²) in [5, 5.41) is 11.5. The van der Waals surface area contributed by atoms with Crippen molar-refractivity contribution in [3.63, 3.8) is 0 Å². The number of ether oxygens (including phenoxy) is 1. The van der Waals surface area contributed by atoms with Crippen LogP contribution in [0, 0.1) is 13.8 Å². The lowest BCUT2D eigenvalue weighted by Crippen LogP contribution is -2.38. The largest absolute Gasteiger partial charge is 0.487 e. The van der Waals surface area contributed by atoms with E-state index in [1.165, 1.54) is 0 Å². The normalized spacial score (nSPS) is 15.4. The highest BCUT2D eigenvalue weighted by atomic mass is 35.5. The van der Waals surface area contributed by atoms with Crippen LogP contribution in [0.25, 0.3) is 22.0 Å². The summed E-state index contributed by atoms with van der Waals surface area (Å²) in [5.41, 5.74) is 6.11. The third-order valence-electron chi connectivity index (χ3n) is 6.64. The summed E-state index contributed by atoms with van der Waals surface area (Å²) in [7, 11) is 0. The highest BCUT2D eigenvalue weighted by Gasteiger charge is 2.32. The fourth-order valence-electron chi connectivity index (χ4n) is 5.28. The molecular weight excluding hydrogens is 476 g/mol. The Morgan fingerprint density at radius 2 is 1.97 bits per heavy atom. The zero-order valence-electron chi connectivity index (χ0n) is 21.4. The van der Waals surface area contributed by atoms with E-state index in [1.807, 2.05) is 52.1 Å². The van der Waals surface area contributed by atoms with Crippen LogP contribution in [0.3, 0.4) is 0 Å². The highest BCUT2D eigenvalue weighted by molar-refractivity contribution is 6.31. The van der Waals surface area contributed by atoms with Gasteiger partial charge in [0.15, 0.2) is 0 Å². The zero-order chi connectivity index (χ0) is 25.8. The third kappa shape index (κ3) is 4.26. The van der Waals surface area contributed by atoms with Gasteiger partial charge < -0.3 is 19.3 Å². The number of carbonyl (C=O) groups is 1. The van der Waals surface area contributed by atoms with Crippen molar-refractivity contribution < 1.29 is 14.6 Å². The van der Waals surface area contributed by atoms with Gasteiger partial charge in [-0.3, -0.25) is 9.79 Å². The number of hydrogen-bond donors (Lipinski definition) is 1. The van der Waals surface area contributed by atoms with E-state index in [2.05, 4.69) is 32.4 Å². The van der Waals surface area contributed by atoms with Crippen LogP contribution in [0.2, 0.25) is 5.02 Å². The van der Waals surface area contributed by atoms with Gasteiger partial charge in [-0.15, -0.1) is 0 Å². The van der Waals surface area contributed by atoms with Crippen molar-refractivity contribution in [3.8, 4) is 16.9 Å². The maximum Gasteiger partial charge on any atom is 0.307 e. The Labute approximate surface area is 216 Å². The Morgan fingerprint density at radius 3 is 2.64 bits per heavy atom. The molecule has 3 heterocycles. The summed E-state index contributed by atoms with van der Waals surface area (Å²) in [6, 6.07) is 7.74. The zero-order valence-corrected chi connectivity index (χ0v) is 22.1. The van der Waals surface area contributed by atoms with E-state index >= 15 is 0 Å². The summed E-state index contributed by atoms with van der Waals surface area (Å²) in [6.45, 7) is 12.3. The Morgan fingerprint density at radius 1 is 1.19 bits per heavy atom. The maximum atomic E-state index is 12.2. The van der Waals surface area contributed by atoms with Gasteiger partial charge in [0, 0.05) is 53.9 Å². The van der Waals surface area contributed by atoms with Crippen LogP contribution in [0.4, 0.5) is 5.69 Å². The number of aliphatic carboxylic acids is 1. The maximum absolute atomic E-state index is 12.2. The molecule has 1 N–H and O–H groups in total. The first-order valence-electron chi connectivity index (χ1n) is 12.3. The van der Waals surface area contributed by atoms with Gasteiger partial charge in [0.2, 0.25) is 5.96 Å². The number of carboxylic acid groups (broad SMARTS) is 1. The lowest BCUT2D eigenvalue weighted by Gasteiger charge is -2.34. The van der Waals surface area contributed by atoms with Crippen molar-refractivity contribution in [2.75, 3.05) is 18.0 Å². The molecule has 0 saturated heterocycles. The number of aryl methyl sites for hydroxylation is 1. The number of aromatic nitrogens is 1. The van der Waals surface area contributed by atoms with Crippen LogP contribution in [0.15, 0.2) is 34.3 Å². The van der Waals surface area contributed by atoms with Gasteiger partial charge >= 0.3 is 5.97 Å². The molecule has 0 unspecified atom stereocenters. The molecule has 0 saturated carbocycles. The Balaban J connectivity index is 1.87. The average Bonchev–Trinajstić information content (AvgIpc) is 3.14. The van der Waals surface area contributed by atoms with Crippen LogP contribution in [-0.2, 0) is 17.8 Å². The summed E-state index contributed by atoms with van der Waals surface area (Å²) >= 11 is 6.39. The number of guanidine groups is 1. The molecule has 0 fully saturated rings. The van der Waals surface area contributed by atoms with Crippen LogP contribution in [0.5, 0.6) is 5.75 Å². The number of halogens is 1. The molecule has 0 bridgehead atoms. The van der Waals surface area contributed by atoms with Gasteiger partial charge in [-0.1, -0.05) is 11.6 Å². The van der Waals surface area contributed by atoms with Crippen LogP contribution in [0.1, 0.15) is 44.0 Å². The van der Waals surface area contributed by atoms with Crippen molar-refractivity contribution >= 4 is 46.3 Å². The molecule has 0 radical (unpaired) electrons. The summed E-state index contributed by atoms with van der Waals surface area (Å²) in [4.78, 5) is 23.6. The first-order chi connectivity index (χ1) is 17.0. The second kappa shape index (κ2) is 8.96. The minimum atomic E-state index is -0.885. The van der Waals surface area contributed by atoms with E-state index in [0.717, 1.165) is 64.0 Å². The number of carboxylic acids is 1. The smallest absolute Gasteiger partial charge is 0.307 e. The molecule has 3 aromatic rings. The Kier molecular flexibility index (Phi) is 6.07. The van der Waals surface area contributed by atoms with Gasteiger partial charge in [-0.2, -0.15) is 0 Å². The second-order valence-corrected chi connectivity index (χ2v) is 10.8. The van der Waals surface area contributed by atoms with E-state index in [4.69, 9.17) is 16.3 Å². The fourth-order valence-corrected chi connectivity index (χ4v) is 5.45. The Hall–Kier alpha value is -3.32. The minimum Gasteiger partial charge on any atom is -0.487 e. The predicted molar refractivity (Wildman–Crippen MR) is 146 cm³/mol. The molecule has 7 nitrogen and oxygen atoms in total. The number of anilines is 1. The molecule has 8 heteroatoms. The molecule has 36 heavy (non-hydrogen) atoms. The van der Waals surface area contributed by atoms with Gasteiger partial charge in [0.1, 0.15) is 11.4 Å². The Bertz CT molecular complexity index is 1450. The molecule has 5 rings (SSSR count). The van der Waals surface area contributed by atoms with Gasteiger partial charge in [-0.05, 0) is 75.6 Å². The fraction of sp³-hybridized carbons (Fsp3) is 0.393. The highest BCUT2D eigenvalue weighted by Crippen LogP contribution is 2.48. The number of benzene rings is 2. The van der Waals surface area contributed by atoms with E-state index in [1.54, 1.807) is 0 Å². The van der Waals surface area contributed by atoms with Gasteiger partial charge in [-0.25, -0.2) is 4.99 Å². The number of hydrogen-bond acceptors (Lipinski definition) is 5. The quantitative estimate of drug-likeness (QED) is 0.468. The molecule has 1 aromatic heterocycles. The molecule has 0 amide bonds. The second-order valence-electron chi connectivity index (χ2n) is 10.4. The summed E-state index contributed by atoms with van der Waals surface area (Å²) in [6.07, 6.45) is 2.62. The first-order valence-corrected chi connectivity index (χ1v) is 12.6. The number of rotatable bonds is 4. The van der Waals surface area contributed by atoms with Crippen LogP contribution in [-0.4, -0.2) is 46.5 Å². The third-order valence-corrected chi connectivity index (χ3v) is 6.88. The van der Waals surface area contributed by atoms with E-state index < -0.39 is 11.6 Å². The standard InChI is InChI=1S/C28H31ClN4O3/c1-16-13-21-24(19-8-7-18(29)14-22(19)36-28(3,4)5)20(15-23(34)35)17(2)25-26(21)32(16)11-12-33(25)27-30-9-6-10-31-27/h7-9,13-14H,6,10-12,15H2,1-5H3,(H,34,35). The molecule has 2 aliphatic heterocycles. The van der Waals surface area contributed by atoms with Crippen molar-refractivity contribution in [3.05, 3.63) is 46.1 Å². The predicted octanol–water partition coefficient (Wildman–Crippen LogP) is 6.03. The number of aliphatic imine (C=N–C) groups is 2. The van der Waals surface area contributed by atoms with Crippen molar-refractivity contribution in [2.24, 2.45) is 9.98 Å². The van der Waals surface area contributed by atoms with Crippen molar-refractivity contribution in [1.29, 1.82) is 0 Å². The molecule has 2 aliphatic rings. The van der Waals surface area contributed by atoms with Crippen LogP contribution < -0.4 is 9.64 Å². The van der Waals surface area contributed by atoms with Gasteiger partial charge in [0.25, 0.3) is 0 Å². The topological polar surface area (TPSA) is 79.4 Å². The summed E-state index contributed by atoms with van der Waals surface area (Å²) in [5.74, 6) is 0.438. The molecule has 0 spiro atoms. The van der Waals surface area contributed by atoms with E-state index in [-0.39, 0.29) is 6.42 Å². The van der Waals surface area contributed by atoms with Gasteiger partial charge in [0.05, 0.1) is 17.6 Å². The van der Waals surface area contributed by atoms with Crippen LogP contribution >= 0.6 is 11.6 Å². The van der Waals surface area contributed by atoms with E-state index in [0.29, 0.717) is 23.3 Å². The molecular formula is C28H31ClN4O3. The molecule has 0 aliphatic carbocycles. The monoisotopic (exact) mass is 506 g/mol. The van der Waals surface area contributed by atoms with Crippen molar-refractivity contribution in [2.45, 2.75) is 59.6 Å². The SMILES string of the molecule is Cc1c(CC(=O)O)c(-c2ccc(Cl)cc2OC(C)(C)C)c2cc(C)n3c2c1N(C1=NCCC=N1)CC3. The molecule has 2 aromatic carbocycles. The van der Waals surface area contributed by atoms with Crippen molar-refractivity contribution in [1.82, 2.24) is 4.57 Å². The molecule has 0 atom stereocenters. The lowest BCUT2D eigenvalue weighted by molar-refractivity contribution is -0.136. The van der Waals surface area contributed by atoms with E-state index in [9.17, 15) is 9.90 Å². The number of nitrogens with zero attached hydrogens (tertiary/aromatic N) is 4. The average molecular weight is 507 g/mol. The molecule has 188 valence electrons. The minimum absolute atomic E-state index is 0.116. The lowest BCUT2D eigenvalue weighted by atomic mass is 9.88.